The van der Waals surface area contributed by atoms with Gasteiger partial charge in [0, 0.05) is 11.8 Å². The van der Waals surface area contributed by atoms with Crippen LogP contribution in [-0.2, 0) is 14.3 Å². The Morgan fingerprint density at radius 3 is 2.76 bits per heavy atom. The first kappa shape index (κ1) is 15.3. The average Bonchev–Trinajstić information content (AvgIpc) is 2.86. The van der Waals surface area contributed by atoms with Gasteiger partial charge in [-0.05, 0) is 56.0 Å². The summed E-state index contributed by atoms with van der Waals surface area (Å²) in [6, 6.07) is 5.39. The van der Waals surface area contributed by atoms with Crippen LogP contribution in [0.25, 0.3) is 6.08 Å². The molecule has 0 spiro atoms. The highest BCUT2D eigenvalue weighted by Gasteiger charge is 2.28. The Hall–Kier alpha value is -2.14. The van der Waals surface area contributed by atoms with Gasteiger partial charge >= 0.3 is 5.97 Å². The monoisotopic (exact) mass is 289 g/mol. The molecule has 21 heavy (non-hydrogen) atoms. The number of carbonyl (C=O) groups is 2. The van der Waals surface area contributed by atoms with Gasteiger partial charge < -0.3 is 15.2 Å². The second-order valence-corrected chi connectivity index (χ2v) is 5.24. The molecule has 1 fully saturated rings. The number of hydrogen-bond donors (Lipinski definition) is 2. The van der Waals surface area contributed by atoms with E-state index in [0.717, 1.165) is 30.0 Å². The molecule has 0 bridgehead atoms. The van der Waals surface area contributed by atoms with E-state index in [0.29, 0.717) is 5.69 Å². The number of carboxylic acid groups (broad SMARTS) is 1. The van der Waals surface area contributed by atoms with Gasteiger partial charge in [0.25, 0.3) is 5.91 Å². The van der Waals surface area contributed by atoms with Gasteiger partial charge in [-0.1, -0.05) is 6.07 Å². The molecule has 2 N–H and O–H groups in total. The van der Waals surface area contributed by atoms with Gasteiger partial charge in [-0.2, -0.15) is 0 Å². The molecule has 1 aromatic carbocycles. The predicted octanol–water partition coefficient (Wildman–Crippen LogP) is 2.60. The van der Waals surface area contributed by atoms with Crippen molar-refractivity contribution >= 4 is 23.6 Å². The average molecular weight is 289 g/mol. The van der Waals surface area contributed by atoms with E-state index in [4.69, 9.17) is 9.84 Å². The van der Waals surface area contributed by atoms with Crippen LogP contribution in [0.5, 0.6) is 0 Å². The molecule has 112 valence electrons. The molecule has 1 aliphatic heterocycles. The SMILES string of the molecule is Cc1ccc(NC(=O)C2CCC(C)O2)cc1/C=C/C(=O)O. The Balaban J connectivity index is 2.08. The van der Waals surface area contributed by atoms with Gasteiger partial charge in [0.2, 0.25) is 0 Å². The van der Waals surface area contributed by atoms with Crippen LogP contribution in [0.4, 0.5) is 5.69 Å². The molecule has 1 heterocycles. The van der Waals surface area contributed by atoms with Crippen molar-refractivity contribution in [3.05, 3.63) is 35.4 Å². The summed E-state index contributed by atoms with van der Waals surface area (Å²) in [5.74, 6) is -1.16. The molecule has 2 rings (SSSR count). The first-order chi connectivity index (χ1) is 9.95. The number of carboxylic acids is 1. The van der Waals surface area contributed by atoms with Crippen molar-refractivity contribution in [2.75, 3.05) is 5.32 Å². The fraction of sp³-hybridized carbons (Fsp3) is 0.375. The molecular formula is C16H19NO4. The Kier molecular flexibility index (Phi) is 4.75. The molecule has 5 nitrogen and oxygen atoms in total. The van der Waals surface area contributed by atoms with Crippen molar-refractivity contribution < 1.29 is 19.4 Å². The zero-order valence-corrected chi connectivity index (χ0v) is 12.1. The van der Waals surface area contributed by atoms with Crippen LogP contribution < -0.4 is 5.32 Å². The van der Waals surface area contributed by atoms with Crippen LogP contribution in [-0.4, -0.2) is 29.2 Å². The van der Waals surface area contributed by atoms with Crippen molar-refractivity contribution in [1.82, 2.24) is 0 Å². The molecule has 1 amide bonds. The number of aliphatic carboxylic acids is 1. The molecule has 0 aliphatic carbocycles. The van der Waals surface area contributed by atoms with Gasteiger partial charge in [-0.25, -0.2) is 4.79 Å². The number of hydrogen-bond acceptors (Lipinski definition) is 3. The standard InChI is InChI=1S/C16H19NO4/c1-10-3-6-13(9-12(10)5-8-15(18)19)17-16(20)14-7-4-11(2)21-14/h3,5-6,8-9,11,14H,4,7H2,1-2H3,(H,17,20)(H,18,19)/b8-5+. The summed E-state index contributed by atoms with van der Waals surface area (Å²) in [5, 5.41) is 11.5. The lowest BCUT2D eigenvalue weighted by Crippen LogP contribution is -2.27. The van der Waals surface area contributed by atoms with E-state index in [1.807, 2.05) is 19.9 Å². The maximum absolute atomic E-state index is 12.1. The third-order valence-corrected chi connectivity index (χ3v) is 3.48. The quantitative estimate of drug-likeness (QED) is 0.835. The Morgan fingerprint density at radius 1 is 1.38 bits per heavy atom. The van der Waals surface area contributed by atoms with Gasteiger partial charge in [-0.3, -0.25) is 4.79 Å². The fourth-order valence-corrected chi connectivity index (χ4v) is 2.28. The van der Waals surface area contributed by atoms with Gasteiger partial charge in [0.15, 0.2) is 0 Å². The first-order valence-electron chi connectivity index (χ1n) is 6.93. The second kappa shape index (κ2) is 6.54. The number of aryl methyl sites for hydroxylation is 1. The molecule has 0 saturated carbocycles. The fourth-order valence-electron chi connectivity index (χ4n) is 2.28. The summed E-state index contributed by atoms with van der Waals surface area (Å²) < 4.78 is 5.52. The topological polar surface area (TPSA) is 75.6 Å². The van der Waals surface area contributed by atoms with E-state index in [1.165, 1.54) is 6.08 Å². The molecule has 1 aromatic rings. The van der Waals surface area contributed by atoms with Gasteiger partial charge in [0.05, 0.1) is 6.10 Å². The number of benzene rings is 1. The first-order valence-corrected chi connectivity index (χ1v) is 6.93. The van der Waals surface area contributed by atoms with E-state index in [-0.39, 0.29) is 12.0 Å². The molecule has 0 radical (unpaired) electrons. The molecule has 2 unspecified atom stereocenters. The van der Waals surface area contributed by atoms with Crippen LogP contribution in [0.1, 0.15) is 30.9 Å². The molecule has 2 atom stereocenters. The van der Waals surface area contributed by atoms with Crippen LogP contribution in [0.2, 0.25) is 0 Å². The smallest absolute Gasteiger partial charge is 0.328 e. The zero-order chi connectivity index (χ0) is 15.4. The number of carbonyl (C=O) groups excluding carboxylic acids is 1. The van der Waals surface area contributed by atoms with Gasteiger partial charge in [-0.15, -0.1) is 0 Å². The lowest BCUT2D eigenvalue weighted by molar-refractivity contribution is -0.131. The maximum atomic E-state index is 12.1. The largest absolute Gasteiger partial charge is 0.478 e. The van der Waals surface area contributed by atoms with E-state index < -0.39 is 12.1 Å². The van der Waals surface area contributed by atoms with Crippen LogP contribution >= 0.6 is 0 Å². The third kappa shape index (κ3) is 4.16. The molecular weight excluding hydrogens is 270 g/mol. The second-order valence-electron chi connectivity index (χ2n) is 5.24. The van der Waals surface area contributed by atoms with Crippen molar-refractivity contribution in [3.8, 4) is 0 Å². The van der Waals surface area contributed by atoms with E-state index in [9.17, 15) is 9.59 Å². The zero-order valence-electron chi connectivity index (χ0n) is 12.1. The summed E-state index contributed by atoms with van der Waals surface area (Å²) in [5.41, 5.74) is 2.34. The summed E-state index contributed by atoms with van der Waals surface area (Å²) in [6.45, 7) is 3.84. The van der Waals surface area contributed by atoms with E-state index >= 15 is 0 Å². The summed E-state index contributed by atoms with van der Waals surface area (Å²) in [6.07, 6.45) is 3.92. The Labute approximate surface area is 123 Å². The lowest BCUT2D eigenvalue weighted by Gasteiger charge is -2.12. The summed E-state index contributed by atoms with van der Waals surface area (Å²) in [7, 11) is 0. The highest BCUT2D eigenvalue weighted by molar-refractivity contribution is 5.95. The Morgan fingerprint density at radius 2 is 2.14 bits per heavy atom. The van der Waals surface area contributed by atoms with E-state index in [1.54, 1.807) is 12.1 Å². The third-order valence-electron chi connectivity index (χ3n) is 3.48. The van der Waals surface area contributed by atoms with Crippen molar-refractivity contribution in [2.45, 2.75) is 38.9 Å². The number of amides is 1. The number of nitrogens with one attached hydrogen (secondary N) is 1. The van der Waals surface area contributed by atoms with Crippen LogP contribution in [0.3, 0.4) is 0 Å². The van der Waals surface area contributed by atoms with Crippen LogP contribution in [0.15, 0.2) is 24.3 Å². The normalized spacial score (nSPS) is 21.6. The highest BCUT2D eigenvalue weighted by atomic mass is 16.5. The van der Waals surface area contributed by atoms with E-state index in [2.05, 4.69) is 5.32 Å². The highest BCUT2D eigenvalue weighted by Crippen LogP contribution is 2.22. The lowest BCUT2D eigenvalue weighted by atomic mass is 10.1. The molecule has 1 saturated heterocycles. The molecule has 0 aromatic heterocycles. The predicted molar refractivity (Wildman–Crippen MR) is 80.0 cm³/mol. The minimum atomic E-state index is -1.00. The van der Waals surface area contributed by atoms with Crippen LogP contribution in [0, 0.1) is 6.92 Å². The van der Waals surface area contributed by atoms with Gasteiger partial charge in [0.1, 0.15) is 6.10 Å². The number of ether oxygens (including phenoxy) is 1. The minimum Gasteiger partial charge on any atom is -0.478 e. The number of anilines is 1. The maximum Gasteiger partial charge on any atom is 0.328 e. The minimum absolute atomic E-state index is 0.118. The number of rotatable bonds is 4. The summed E-state index contributed by atoms with van der Waals surface area (Å²) >= 11 is 0. The van der Waals surface area contributed by atoms with Crippen molar-refractivity contribution in [1.29, 1.82) is 0 Å². The molecule has 5 heteroatoms. The van der Waals surface area contributed by atoms with Crippen molar-refractivity contribution in [3.63, 3.8) is 0 Å². The molecule has 1 aliphatic rings. The Bertz CT molecular complexity index is 580. The summed E-state index contributed by atoms with van der Waals surface area (Å²) in [4.78, 5) is 22.7. The van der Waals surface area contributed by atoms with Crippen molar-refractivity contribution in [2.24, 2.45) is 0 Å².